The molecule has 0 bridgehead atoms. The van der Waals surface area contributed by atoms with Gasteiger partial charge in [-0.2, -0.15) is 0 Å². The van der Waals surface area contributed by atoms with Crippen LogP contribution < -0.4 is 11.3 Å². The van der Waals surface area contributed by atoms with Crippen molar-refractivity contribution in [2.75, 3.05) is 0 Å². The van der Waals surface area contributed by atoms with E-state index in [1.54, 1.807) is 10.4 Å². The van der Waals surface area contributed by atoms with Gasteiger partial charge < -0.3 is 0 Å². The highest BCUT2D eigenvalue weighted by Crippen LogP contribution is 2.39. The Morgan fingerprint density at radius 1 is 1.59 bits per heavy atom. The van der Waals surface area contributed by atoms with Gasteiger partial charge in [-0.3, -0.25) is 11.3 Å². The van der Waals surface area contributed by atoms with Gasteiger partial charge in [0.2, 0.25) is 0 Å². The van der Waals surface area contributed by atoms with Gasteiger partial charge >= 0.3 is 0 Å². The fourth-order valence-corrected chi connectivity index (χ4v) is 4.20. The molecule has 0 fully saturated rings. The lowest BCUT2D eigenvalue weighted by atomic mass is 9.77. The van der Waals surface area contributed by atoms with Crippen molar-refractivity contribution in [2.24, 2.45) is 11.8 Å². The van der Waals surface area contributed by atoms with Crippen LogP contribution in [-0.4, -0.2) is 6.04 Å². The van der Waals surface area contributed by atoms with E-state index in [2.05, 4.69) is 30.7 Å². The first kappa shape index (κ1) is 13.1. The van der Waals surface area contributed by atoms with Gasteiger partial charge in [-0.05, 0) is 48.6 Å². The second-order valence-corrected chi connectivity index (χ2v) is 6.26. The molecule has 0 saturated heterocycles. The number of hydrazine groups is 1. The van der Waals surface area contributed by atoms with Crippen molar-refractivity contribution in [1.29, 1.82) is 0 Å². The molecule has 3 unspecified atom stereocenters. The molecule has 2 rings (SSSR count). The second kappa shape index (κ2) is 5.98. The van der Waals surface area contributed by atoms with Gasteiger partial charge in [-0.1, -0.05) is 20.3 Å². The maximum atomic E-state index is 5.81. The summed E-state index contributed by atoms with van der Waals surface area (Å²) in [6, 6.07) is 2.75. The van der Waals surface area contributed by atoms with Crippen LogP contribution in [-0.2, 0) is 6.42 Å². The minimum atomic E-state index is 0.434. The third-order valence-electron chi connectivity index (χ3n) is 4.08. The summed E-state index contributed by atoms with van der Waals surface area (Å²) in [6.45, 7) is 4.58. The van der Waals surface area contributed by atoms with E-state index in [0.29, 0.717) is 17.9 Å². The van der Waals surface area contributed by atoms with E-state index in [1.807, 2.05) is 11.3 Å². The van der Waals surface area contributed by atoms with Crippen molar-refractivity contribution in [2.45, 2.75) is 57.9 Å². The highest BCUT2D eigenvalue weighted by atomic mass is 32.1. The van der Waals surface area contributed by atoms with Crippen LogP contribution in [0.4, 0.5) is 0 Å². The topological polar surface area (TPSA) is 38.0 Å². The van der Waals surface area contributed by atoms with Crippen molar-refractivity contribution >= 4 is 11.3 Å². The lowest BCUT2D eigenvalue weighted by molar-refractivity contribution is 0.292. The summed E-state index contributed by atoms with van der Waals surface area (Å²) in [5.74, 6) is 7.09. The molecule has 17 heavy (non-hydrogen) atoms. The molecule has 96 valence electrons. The largest absolute Gasteiger partial charge is 0.271 e. The average Bonchev–Trinajstić information content (AvgIpc) is 2.79. The third kappa shape index (κ3) is 2.72. The van der Waals surface area contributed by atoms with Crippen LogP contribution in [0.1, 0.15) is 55.9 Å². The molecule has 0 aliphatic heterocycles. The molecule has 1 aliphatic carbocycles. The lowest BCUT2D eigenvalue weighted by Crippen LogP contribution is -2.45. The zero-order valence-electron chi connectivity index (χ0n) is 10.9. The molecule has 0 amide bonds. The molecule has 0 radical (unpaired) electrons. The summed E-state index contributed by atoms with van der Waals surface area (Å²) in [6.07, 6.45) is 6.36. The number of fused-ring (bicyclic) bond motifs is 1. The first-order chi connectivity index (χ1) is 8.27. The summed E-state index contributed by atoms with van der Waals surface area (Å²) >= 11 is 1.91. The molecular formula is C14H24N2S. The molecule has 0 saturated carbocycles. The van der Waals surface area contributed by atoms with Crippen molar-refractivity contribution in [3.63, 3.8) is 0 Å². The van der Waals surface area contributed by atoms with E-state index in [4.69, 9.17) is 5.84 Å². The standard InChI is InChI=1S/C14H24N2S/c1-3-5-10(2)14(16-15)12-6-4-7-13-11(12)8-9-17-13/h8-10,12,14,16H,3-7,15H2,1-2H3. The van der Waals surface area contributed by atoms with E-state index in [0.717, 1.165) is 0 Å². The third-order valence-corrected chi connectivity index (χ3v) is 5.08. The van der Waals surface area contributed by atoms with Crippen LogP contribution in [0.2, 0.25) is 0 Å². The summed E-state index contributed by atoms with van der Waals surface area (Å²) < 4.78 is 0. The SMILES string of the molecule is CCCC(C)C(NN)C1CCCc2sccc21. The number of rotatable bonds is 5. The van der Waals surface area contributed by atoms with E-state index >= 15 is 0 Å². The summed E-state index contributed by atoms with van der Waals surface area (Å²) in [5.41, 5.74) is 4.65. The Morgan fingerprint density at radius 3 is 3.12 bits per heavy atom. The van der Waals surface area contributed by atoms with Crippen LogP contribution in [0, 0.1) is 5.92 Å². The average molecular weight is 252 g/mol. The molecule has 1 aliphatic rings. The molecule has 1 aromatic heterocycles. The zero-order valence-corrected chi connectivity index (χ0v) is 11.7. The lowest BCUT2D eigenvalue weighted by Gasteiger charge is -2.34. The fraction of sp³-hybridized carbons (Fsp3) is 0.714. The van der Waals surface area contributed by atoms with Crippen LogP contribution in [0.15, 0.2) is 11.4 Å². The first-order valence-corrected chi connectivity index (χ1v) is 7.68. The van der Waals surface area contributed by atoms with Crippen molar-refractivity contribution < 1.29 is 0 Å². The van der Waals surface area contributed by atoms with Gasteiger partial charge in [-0.25, -0.2) is 0 Å². The molecule has 1 aromatic rings. The van der Waals surface area contributed by atoms with Crippen LogP contribution in [0.3, 0.4) is 0 Å². The molecule has 0 spiro atoms. The number of thiophene rings is 1. The van der Waals surface area contributed by atoms with Gasteiger partial charge in [0.15, 0.2) is 0 Å². The van der Waals surface area contributed by atoms with Crippen LogP contribution in [0.5, 0.6) is 0 Å². The maximum Gasteiger partial charge on any atom is 0.0305 e. The monoisotopic (exact) mass is 252 g/mol. The maximum absolute atomic E-state index is 5.81. The van der Waals surface area contributed by atoms with Gasteiger partial charge in [0, 0.05) is 16.8 Å². The minimum Gasteiger partial charge on any atom is -0.271 e. The summed E-state index contributed by atoms with van der Waals surface area (Å²) in [5, 5.41) is 2.24. The van der Waals surface area contributed by atoms with Crippen molar-refractivity contribution in [3.05, 3.63) is 21.9 Å². The Balaban J connectivity index is 2.16. The number of nitrogens with two attached hydrogens (primary N) is 1. The zero-order chi connectivity index (χ0) is 12.3. The quantitative estimate of drug-likeness (QED) is 0.622. The van der Waals surface area contributed by atoms with Gasteiger partial charge in [0.05, 0.1) is 0 Å². The first-order valence-electron chi connectivity index (χ1n) is 6.80. The van der Waals surface area contributed by atoms with E-state index in [9.17, 15) is 0 Å². The number of hydrogen-bond donors (Lipinski definition) is 2. The van der Waals surface area contributed by atoms with Gasteiger partial charge in [0.1, 0.15) is 0 Å². The Bertz CT molecular complexity index is 348. The highest BCUT2D eigenvalue weighted by Gasteiger charge is 2.30. The molecule has 3 N–H and O–H groups in total. The number of aryl methyl sites for hydroxylation is 1. The normalized spacial score (nSPS) is 23.1. The predicted molar refractivity (Wildman–Crippen MR) is 75.2 cm³/mol. The number of nitrogens with one attached hydrogen (secondary N) is 1. The molecule has 3 heteroatoms. The van der Waals surface area contributed by atoms with E-state index in [1.165, 1.54) is 32.1 Å². The van der Waals surface area contributed by atoms with Gasteiger partial charge in [0.25, 0.3) is 0 Å². The van der Waals surface area contributed by atoms with Gasteiger partial charge in [-0.15, -0.1) is 11.3 Å². The Kier molecular flexibility index (Phi) is 4.60. The van der Waals surface area contributed by atoms with Crippen LogP contribution in [0.25, 0.3) is 0 Å². The molecule has 2 nitrogen and oxygen atoms in total. The smallest absolute Gasteiger partial charge is 0.0305 e. The Morgan fingerprint density at radius 2 is 2.41 bits per heavy atom. The molecule has 0 aromatic carbocycles. The van der Waals surface area contributed by atoms with E-state index < -0.39 is 0 Å². The second-order valence-electron chi connectivity index (χ2n) is 5.26. The van der Waals surface area contributed by atoms with Crippen molar-refractivity contribution in [1.82, 2.24) is 5.43 Å². The van der Waals surface area contributed by atoms with Crippen molar-refractivity contribution in [3.8, 4) is 0 Å². The number of hydrogen-bond acceptors (Lipinski definition) is 3. The van der Waals surface area contributed by atoms with Crippen LogP contribution >= 0.6 is 11.3 Å². The Hall–Kier alpha value is -0.380. The minimum absolute atomic E-state index is 0.434. The summed E-state index contributed by atoms with van der Waals surface area (Å²) in [7, 11) is 0. The molecule has 1 heterocycles. The van der Waals surface area contributed by atoms with E-state index in [-0.39, 0.29) is 0 Å². The summed E-state index contributed by atoms with van der Waals surface area (Å²) in [4.78, 5) is 1.59. The highest BCUT2D eigenvalue weighted by molar-refractivity contribution is 7.10. The molecule has 3 atom stereocenters. The Labute approximate surface area is 109 Å². The fourth-order valence-electron chi connectivity index (χ4n) is 3.21. The molecular weight excluding hydrogens is 228 g/mol. The predicted octanol–water partition coefficient (Wildman–Crippen LogP) is 3.44.